The molecule has 8 aromatic carbocycles. The molecule has 1 aromatic heterocycles. The second kappa shape index (κ2) is 8.36. The molecule has 10 rings (SSSR count). The Bertz CT molecular complexity index is 2620. The molecular weight excluding hydrogens is 532 g/mol. The van der Waals surface area contributed by atoms with E-state index in [2.05, 4.69) is 147 Å². The van der Waals surface area contributed by atoms with Crippen LogP contribution in [0.5, 0.6) is 0 Å². The van der Waals surface area contributed by atoms with Crippen LogP contribution in [0, 0.1) is 0 Å². The van der Waals surface area contributed by atoms with Gasteiger partial charge in [-0.15, -0.1) is 0 Å². The topological polar surface area (TPSA) is 13.1 Å². The van der Waals surface area contributed by atoms with E-state index in [0.29, 0.717) is 0 Å². The average Bonchev–Trinajstić information content (AvgIpc) is 3.56. The first-order valence-electron chi connectivity index (χ1n) is 15.4. The Morgan fingerprint density at radius 3 is 1.89 bits per heavy atom. The lowest BCUT2D eigenvalue weighted by atomic mass is 9.80. The van der Waals surface area contributed by atoms with Gasteiger partial charge in [0.2, 0.25) is 0 Å². The molecule has 0 bridgehead atoms. The van der Waals surface area contributed by atoms with Crippen LogP contribution in [0.4, 0.5) is 0 Å². The number of hydrogen-bond acceptors (Lipinski definition) is 1. The van der Waals surface area contributed by atoms with Gasteiger partial charge in [-0.3, -0.25) is 0 Å². The number of rotatable bonds is 2. The molecule has 0 aliphatic heterocycles. The van der Waals surface area contributed by atoms with Gasteiger partial charge in [0.15, 0.2) is 0 Å². The fourth-order valence-electron chi connectivity index (χ4n) is 8.17. The zero-order chi connectivity index (χ0) is 29.2. The van der Waals surface area contributed by atoms with Crippen LogP contribution in [-0.4, -0.2) is 0 Å². The lowest BCUT2D eigenvalue weighted by Crippen LogP contribution is -2.15. The third-order valence-corrected chi connectivity index (χ3v) is 10.2. The fourth-order valence-corrected chi connectivity index (χ4v) is 8.17. The summed E-state index contributed by atoms with van der Waals surface area (Å²) < 4.78 is 6.81. The highest BCUT2D eigenvalue weighted by Crippen LogP contribution is 2.55. The van der Waals surface area contributed by atoms with Gasteiger partial charge in [0, 0.05) is 21.8 Å². The largest absolute Gasteiger partial charge is 0.455 e. The molecule has 0 fully saturated rings. The molecule has 0 amide bonds. The van der Waals surface area contributed by atoms with Crippen molar-refractivity contribution in [3.05, 3.63) is 145 Å². The van der Waals surface area contributed by atoms with Crippen LogP contribution in [-0.2, 0) is 5.41 Å². The standard InChI is InChI=1S/C43H28O/c1-43(2)35-14-8-6-12-32(35)40-36(43)24-34(42-41(40)33-13-7-9-15-37(33)44-42)29-21-17-27-18-22-30-28(25-10-4-3-5-11-25)20-16-26-19-23-31(29)39(27)38(26)30/h3-24H,1-2H3. The Morgan fingerprint density at radius 1 is 0.455 bits per heavy atom. The van der Waals surface area contributed by atoms with Gasteiger partial charge in [-0.05, 0) is 83.4 Å². The van der Waals surface area contributed by atoms with Crippen molar-refractivity contribution in [2.75, 3.05) is 0 Å². The number of hydrogen-bond donors (Lipinski definition) is 0. The third kappa shape index (κ3) is 2.99. The lowest BCUT2D eigenvalue weighted by molar-refractivity contribution is 0.657. The molecule has 1 aliphatic rings. The highest BCUT2D eigenvalue weighted by molar-refractivity contribution is 6.29. The predicted octanol–water partition coefficient (Wildman–Crippen LogP) is 12.1. The van der Waals surface area contributed by atoms with Crippen molar-refractivity contribution in [1.29, 1.82) is 0 Å². The van der Waals surface area contributed by atoms with Crippen molar-refractivity contribution in [2.45, 2.75) is 19.3 Å². The zero-order valence-electron chi connectivity index (χ0n) is 24.6. The van der Waals surface area contributed by atoms with E-state index in [4.69, 9.17) is 4.42 Å². The molecule has 1 nitrogen and oxygen atoms in total. The van der Waals surface area contributed by atoms with Gasteiger partial charge in [0.05, 0.1) is 0 Å². The van der Waals surface area contributed by atoms with Crippen LogP contribution in [0.15, 0.2) is 138 Å². The first-order valence-corrected chi connectivity index (χ1v) is 15.4. The van der Waals surface area contributed by atoms with E-state index in [1.54, 1.807) is 0 Å². The van der Waals surface area contributed by atoms with E-state index >= 15 is 0 Å². The van der Waals surface area contributed by atoms with Crippen LogP contribution in [0.3, 0.4) is 0 Å². The molecule has 1 aliphatic carbocycles. The molecule has 0 spiro atoms. The minimum absolute atomic E-state index is 0.123. The number of benzene rings is 8. The highest BCUT2D eigenvalue weighted by atomic mass is 16.3. The van der Waals surface area contributed by atoms with Crippen molar-refractivity contribution in [3.8, 4) is 33.4 Å². The van der Waals surface area contributed by atoms with Crippen LogP contribution < -0.4 is 0 Å². The van der Waals surface area contributed by atoms with Crippen molar-refractivity contribution >= 4 is 54.3 Å². The maximum Gasteiger partial charge on any atom is 0.143 e. The Kier molecular flexibility index (Phi) is 4.58. The summed E-state index contributed by atoms with van der Waals surface area (Å²) in [4.78, 5) is 0. The third-order valence-electron chi connectivity index (χ3n) is 10.2. The second-order valence-corrected chi connectivity index (χ2v) is 12.8. The van der Waals surface area contributed by atoms with E-state index in [1.807, 2.05) is 0 Å². The molecular formula is C43H28O. The van der Waals surface area contributed by atoms with E-state index < -0.39 is 0 Å². The quantitative estimate of drug-likeness (QED) is 0.192. The number of para-hydroxylation sites is 1. The lowest BCUT2D eigenvalue weighted by Gasteiger charge is -2.22. The molecule has 9 aromatic rings. The summed E-state index contributed by atoms with van der Waals surface area (Å²) in [6.07, 6.45) is 0. The normalized spacial score (nSPS) is 13.9. The molecule has 0 unspecified atom stereocenters. The van der Waals surface area contributed by atoms with E-state index in [-0.39, 0.29) is 5.41 Å². The summed E-state index contributed by atoms with van der Waals surface area (Å²) in [6.45, 7) is 4.73. The highest BCUT2D eigenvalue weighted by Gasteiger charge is 2.38. The average molecular weight is 561 g/mol. The van der Waals surface area contributed by atoms with Gasteiger partial charge in [-0.1, -0.05) is 135 Å². The summed E-state index contributed by atoms with van der Waals surface area (Å²) in [7, 11) is 0. The molecule has 0 saturated carbocycles. The molecule has 44 heavy (non-hydrogen) atoms. The first-order chi connectivity index (χ1) is 21.6. The van der Waals surface area contributed by atoms with Crippen LogP contribution in [0.2, 0.25) is 0 Å². The van der Waals surface area contributed by atoms with E-state index in [1.165, 1.54) is 82.0 Å². The van der Waals surface area contributed by atoms with Gasteiger partial charge in [-0.2, -0.15) is 0 Å². The monoisotopic (exact) mass is 560 g/mol. The van der Waals surface area contributed by atoms with Gasteiger partial charge < -0.3 is 4.42 Å². The number of fused-ring (bicyclic) bond motifs is 7. The molecule has 206 valence electrons. The van der Waals surface area contributed by atoms with Crippen LogP contribution in [0.1, 0.15) is 25.0 Å². The van der Waals surface area contributed by atoms with Crippen molar-refractivity contribution in [2.24, 2.45) is 0 Å². The molecule has 0 N–H and O–H groups in total. The maximum atomic E-state index is 6.81. The Labute approximate surface area is 255 Å². The zero-order valence-corrected chi connectivity index (χ0v) is 24.6. The fraction of sp³-hybridized carbons (Fsp3) is 0.0698. The molecule has 0 saturated heterocycles. The van der Waals surface area contributed by atoms with E-state index in [0.717, 1.165) is 16.7 Å². The Morgan fingerprint density at radius 2 is 1.09 bits per heavy atom. The summed E-state index contributed by atoms with van der Waals surface area (Å²) >= 11 is 0. The van der Waals surface area contributed by atoms with Gasteiger partial charge in [-0.25, -0.2) is 0 Å². The van der Waals surface area contributed by atoms with Crippen LogP contribution >= 0.6 is 0 Å². The summed E-state index contributed by atoms with van der Waals surface area (Å²) in [5.74, 6) is 0. The van der Waals surface area contributed by atoms with Gasteiger partial charge in [0.1, 0.15) is 11.2 Å². The minimum atomic E-state index is -0.123. The first kappa shape index (κ1) is 24.1. The van der Waals surface area contributed by atoms with Crippen LogP contribution in [0.25, 0.3) is 87.6 Å². The SMILES string of the molecule is CC1(C)c2ccccc2-c2c1cc(-c1ccc3ccc4c(-c5ccccc5)ccc5ccc1c3c54)c1oc3ccccc3c21. The molecule has 1 heterocycles. The Hall–Kier alpha value is -5.40. The smallest absolute Gasteiger partial charge is 0.143 e. The summed E-state index contributed by atoms with van der Waals surface area (Å²) in [6, 6.07) is 49.0. The van der Waals surface area contributed by atoms with Gasteiger partial charge >= 0.3 is 0 Å². The maximum absolute atomic E-state index is 6.81. The molecule has 0 radical (unpaired) electrons. The Balaban J connectivity index is 1.35. The van der Waals surface area contributed by atoms with E-state index in [9.17, 15) is 0 Å². The minimum Gasteiger partial charge on any atom is -0.455 e. The number of furan rings is 1. The van der Waals surface area contributed by atoms with Crippen molar-refractivity contribution in [1.82, 2.24) is 0 Å². The predicted molar refractivity (Wildman–Crippen MR) is 186 cm³/mol. The van der Waals surface area contributed by atoms with Gasteiger partial charge in [0.25, 0.3) is 0 Å². The van der Waals surface area contributed by atoms with Crippen molar-refractivity contribution < 1.29 is 4.42 Å². The van der Waals surface area contributed by atoms with Crippen molar-refractivity contribution in [3.63, 3.8) is 0 Å². The second-order valence-electron chi connectivity index (χ2n) is 12.8. The molecule has 0 atom stereocenters. The summed E-state index contributed by atoms with van der Waals surface area (Å²) in [5.41, 5.74) is 12.1. The summed E-state index contributed by atoms with van der Waals surface area (Å²) in [5, 5.41) is 10.2. The molecule has 1 heteroatoms.